The van der Waals surface area contributed by atoms with Crippen molar-refractivity contribution >= 4 is 21.4 Å². The molecule has 1 aliphatic rings. The third-order valence-electron chi connectivity index (χ3n) is 4.30. The van der Waals surface area contributed by atoms with E-state index in [0.717, 1.165) is 46.8 Å². The van der Waals surface area contributed by atoms with Gasteiger partial charge in [0.2, 0.25) is 10.0 Å². The van der Waals surface area contributed by atoms with Crippen LogP contribution >= 0.6 is 11.3 Å². The maximum atomic E-state index is 12.8. The summed E-state index contributed by atoms with van der Waals surface area (Å²) in [7, 11) is -3.46. The maximum absolute atomic E-state index is 12.8. The quantitative estimate of drug-likeness (QED) is 0.822. The van der Waals surface area contributed by atoms with E-state index >= 15 is 0 Å². The minimum absolute atomic E-state index is 0.0675. The molecular formula is C16H23N3O2S2. The Morgan fingerprint density at radius 3 is 2.48 bits per heavy atom. The first-order valence-corrected chi connectivity index (χ1v) is 10.4. The molecule has 5 nitrogen and oxygen atoms in total. The lowest BCUT2D eigenvalue weighted by Gasteiger charge is -2.16. The molecular weight excluding hydrogens is 330 g/mol. The van der Waals surface area contributed by atoms with E-state index < -0.39 is 10.0 Å². The summed E-state index contributed by atoms with van der Waals surface area (Å²) in [5, 5.41) is 7.12. The van der Waals surface area contributed by atoms with Crippen molar-refractivity contribution < 1.29 is 8.42 Å². The van der Waals surface area contributed by atoms with Crippen molar-refractivity contribution in [1.29, 1.82) is 0 Å². The second-order valence-electron chi connectivity index (χ2n) is 6.28. The van der Waals surface area contributed by atoms with Crippen LogP contribution in [0.3, 0.4) is 0 Å². The van der Waals surface area contributed by atoms with Crippen molar-refractivity contribution in [3.63, 3.8) is 0 Å². The number of aryl methyl sites for hydroxylation is 2. The van der Waals surface area contributed by atoms with Crippen LogP contribution in [0.25, 0.3) is 10.6 Å². The highest BCUT2D eigenvalue weighted by Crippen LogP contribution is 2.33. The summed E-state index contributed by atoms with van der Waals surface area (Å²) in [6.45, 7) is 3.79. The van der Waals surface area contributed by atoms with Gasteiger partial charge in [0.15, 0.2) is 0 Å². The van der Waals surface area contributed by atoms with Crippen LogP contribution in [0.5, 0.6) is 0 Å². The predicted octanol–water partition coefficient (Wildman–Crippen LogP) is 3.76. The number of aromatic nitrogens is 2. The number of H-pyrrole nitrogens is 1. The minimum Gasteiger partial charge on any atom is -0.282 e. The number of hydrogen-bond acceptors (Lipinski definition) is 4. The molecule has 0 saturated heterocycles. The smallest absolute Gasteiger partial charge is 0.241 e. The summed E-state index contributed by atoms with van der Waals surface area (Å²) in [6.07, 6.45) is 6.50. The lowest BCUT2D eigenvalue weighted by atomic mass is 10.1. The first-order valence-electron chi connectivity index (χ1n) is 8.11. The molecule has 2 aromatic rings. The first-order chi connectivity index (χ1) is 11.0. The molecule has 126 valence electrons. The van der Waals surface area contributed by atoms with Gasteiger partial charge >= 0.3 is 0 Å². The van der Waals surface area contributed by atoms with E-state index in [-0.39, 0.29) is 6.04 Å². The highest BCUT2D eigenvalue weighted by atomic mass is 32.2. The van der Waals surface area contributed by atoms with Gasteiger partial charge in [0.25, 0.3) is 0 Å². The largest absolute Gasteiger partial charge is 0.282 e. The Labute approximate surface area is 141 Å². The van der Waals surface area contributed by atoms with Gasteiger partial charge in [-0.15, -0.1) is 11.3 Å². The van der Waals surface area contributed by atoms with Gasteiger partial charge in [0.1, 0.15) is 5.69 Å². The number of rotatable bonds is 4. The van der Waals surface area contributed by atoms with Crippen molar-refractivity contribution in [2.45, 2.75) is 63.3 Å². The fraction of sp³-hybridized carbons (Fsp3) is 0.562. The van der Waals surface area contributed by atoms with Gasteiger partial charge in [-0.25, -0.2) is 13.1 Å². The molecule has 0 aromatic carbocycles. The summed E-state index contributed by atoms with van der Waals surface area (Å²) in [5.74, 6) is 0. The normalized spacial score (nSPS) is 17.3. The van der Waals surface area contributed by atoms with E-state index in [9.17, 15) is 8.42 Å². The van der Waals surface area contributed by atoms with Gasteiger partial charge in [0, 0.05) is 16.6 Å². The third-order valence-corrected chi connectivity index (χ3v) is 7.15. The van der Waals surface area contributed by atoms with Gasteiger partial charge < -0.3 is 0 Å². The maximum Gasteiger partial charge on any atom is 0.241 e. The summed E-state index contributed by atoms with van der Waals surface area (Å²) < 4.78 is 28.4. The van der Waals surface area contributed by atoms with E-state index in [1.807, 2.05) is 19.9 Å². The average molecular weight is 354 g/mol. The second-order valence-corrected chi connectivity index (χ2v) is 9.22. The Kier molecular flexibility index (Phi) is 4.89. The number of hydrogen-bond donors (Lipinski definition) is 2. The van der Waals surface area contributed by atoms with Gasteiger partial charge in [-0.2, -0.15) is 5.10 Å². The summed E-state index contributed by atoms with van der Waals surface area (Å²) in [4.78, 5) is 2.08. The van der Waals surface area contributed by atoms with Crippen LogP contribution in [-0.2, 0) is 10.0 Å². The molecule has 7 heteroatoms. The minimum atomic E-state index is -3.46. The van der Waals surface area contributed by atoms with Crippen molar-refractivity contribution in [3.05, 3.63) is 22.7 Å². The van der Waals surface area contributed by atoms with E-state index in [4.69, 9.17) is 0 Å². The Hall–Kier alpha value is -1.18. The summed E-state index contributed by atoms with van der Waals surface area (Å²) in [6, 6.07) is 3.74. The molecule has 0 atom stereocenters. The van der Waals surface area contributed by atoms with Crippen LogP contribution in [0.15, 0.2) is 17.0 Å². The fourth-order valence-corrected chi connectivity index (χ4v) is 5.94. The van der Waals surface area contributed by atoms with Crippen molar-refractivity contribution in [3.8, 4) is 10.6 Å². The zero-order valence-corrected chi connectivity index (χ0v) is 15.2. The Morgan fingerprint density at radius 1 is 1.17 bits per heavy atom. The van der Waals surface area contributed by atoms with Crippen LogP contribution in [-0.4, -0.2) is 24.7 Å². The molecule has 2 aromatic heterocycles. The zero-order chi connectivity index (χ0) is 16.4. The molecule has 23 heavy (non-hydrogen) atoms. The van der Waals surface area contributed by atoms with Gasteiger partial charge in [-0.3, -0.25) is 5.10 Å². The summed E-state index contributed by atoms with van der Waals surface area (Å²) in [5.41, 5.74) is 1.76. The van der Waals surface area contributed by atoms with E-state index in [0.29, 0.717) is 4.90 Å². The lowest BCUT2D eigenvalue weighted by Crippen LogP contribution is -2.34. The highest BCUT2D eigenvalue weighted by Gasteiger charge is 2.25. The predicted molar refractivity (Wildman–Crippen MR) is 93.2 cm³/mol. The highest BCUT2D eigenvalue weighted by molar-refractivity contribution is 7.89. The molecule has 1 saturated carbocycles. The van der Waals surface area contributed by atoms with E-state index in [1.165, 1.54) is 24.2 Å². The monoisotopic (exact) mass is 353 g/mol. The Balaban J connectivity index is 1.83. The molecule has 0 unspecified atom stereocenters. The van der Waals surface area contributed by atoms with Crippen molar-refractivity contribution in [2.24, 2.45) is 0 Å². The molecule has 2 N–H and O–H groups in total. The lowest BCUT2D eigenvalue weighted by molar-refractivity contribution is 0.510. The van der Waals surface area contributed by atoms with E-state index in [2.05, 4.69) is 14.9 Å². The second kappa shape index (κ2) is 6.75. The van der Waals surface area contributed by atoms with Crippen LogP contribution in [0.4, 0.5) is 0 Å². The number of nitrogens with one attached hydrogen (secondary N) is 2. The van der Waals surface area contributed by atoms with Gasteiger partial charge in [-0.05, 0) is 38.8 Å². The Morgan fingerprint density at radius 2 is 1.87 bits per heavy atom. The zero-order valence-electron chi connectivity index (χ0n) is 13.6. The topological polar surface area (TPSA) is 74.8 Å². The molecule has 0 radical (unpaired) electrons. The first kappa shape index (κ1) is 16.7. The fourth-order valence-electron chi connectivity index (χ4n) is 3.08. The van der Waals surface area contributed by atoms with Crippen molar-refractivity contribution in [1.82, 2.24) is 14.9 Å². The molecule has 0 spiro atoms. The number of sulfonamides is 1. The van der Waals surface area contributed by atoms with Crippen molar-refractivity contribution in [2.75, 3.05) is 0 Å². The van der Waals surface area contributed by atoms with Crippen LogP contribution < -0.4 is 4.72 Å². The van der Waals surface area contributed by atoms with Gasteiger partial charge in [-0.1, -0.05) is 25.7 Å². The van der Waals surface area contributed by atoms with E-state index in [1.54, 1.807) is 6.07 Å². The standard InChI is InChI=1S/C16H23N3O2S2/c1-11-9-14(18-17-11)15-10-16(12(2)22-15)23(20,21)19-13-7-5-3-4-6-8-13/h9-10,13,19H,3-8H2,1-2H3,(H,17,18). The third kappa shape index (κ3) is 3.84. The Bertz CT molecular complexity index is 769. The molecule has 1 fully saturated rings. The molecule has 3 rings (SSSR count). The number of thiophene rings is 1. The van der Waals surface area contributed by atoms with Gasteiger partial charge in [0.05, 0.1) is 9.77 Å². The SMILES string of the molecule is Cc1cc(-c2cc(S(=O)(=O)NC3CCCCCC3)c(C)s2)n[nH]1. The average Bonchev–Trinajstić information content (AvgIpc) is 2.99. The molecule has 0 amide bonds. The molecule has 1 aliphatic carbocycles. The molecule has 0 aliphatic heterocycles. The molecule has 0 bridgehead atoms. The van der Waals surface area contributed by atoms with Crippen LogP contribution in [0.1, 0.15) is 49.1 Å². The molecule has 2 heterocycles. The number of aromatic amines is 1. The van der Waals surface area contributed by atoms with Crippen LogP contribution in [0.2, 0.25) is 0 Å². The summed E-state index contributed by atoms with van der Waals surface area (Å²) >= 11 is 1.47. The number of nitrogens with zero attached hydrogens (tertiary/aromatic N) is 1. The van der Waals surface area contributed by atoms with Crippen LogP contribution in [0, 0.1) is 13.8 Å².